The van der Waals surface area contributed by atoms with Gasteiger partial charge in [0.15, 0.2) is 11.6 Å². The Kier molecular flexibility index (Phi) is 10.8. The first-order valence-corrected chi connectivity index (χ1v) is 16.3. The average molecular weight is 587 g/mol. The van der Waals surface area contributed by atoms with E-state index in [0.29, 0.717) is 17.7 Å². The van der Waals surface area contributed by atoms with E-state index in [2.05, 4.69) is 25.2 Å². The van der Waals surface area contributed by atoms with E-state index in [1.54, 1.807) is 24.3 Å². The Labute approximate surface area is 255 Å². The highest BCUT2D eigenvalue weighted by Crippen LogP contribution is 2.42. The van der Waals surface area contributed by atoms with E-state index in [0.717, 1.165) is 66.6 Å². The summed E-state index contributed by atoms with van der Waals surface area (Å²) in [4.78, 5) is 0. The molecule has 0 spiro atoms. The molecule has 3 aromatic rings. The molecule has 3 aromatic carbocycles. The molecule has 0 heterocycles. The molecule has 228 valence electrons. The average Bonchev–Trinajstić information content (AvgIpc) is 3.04. The minimum Gasteiger partial charge on any atom is -0.490 e. The number of ether oxygens (including phenoxy) is 1. The Morgan fingerprint density at radius 1 is 0.791 bits per heavy atom. The fraction of sp³-hybridized carbons (Fsp3) is 0.436. The molecule has 0 amide bonds. The van der Waals surface area contributed by atoms with Crippen LogP contribution in [0.3, 0.4) is 0 Å². The molecule has 0 radical (unpaired) electrons. The lowest BCUT2D eigenvalue weighted by Gasteiger charge is -2.35. The summed E-state index contributed by atoms with van der Waals surface area (Å²) in [6.07, 6.45) is 19.5. The van der Waals surface area contributed by atoms with Gasteiger partial charge in [0, 0.05) is 11.1 Å². The van der Waals surface area contributed by atoms with E-state index < -0.39 is 11.6 Å². The van der Waals surface area contributed by atoms with Gasteiger partial charge >= 0.3 is 0 Å². The van der Waals surface area contributed by atoms with Crippen LogP contribution in [0.2, 0.25) is 0 Å². The second-order valence-corrected chi connectivity index (χ2v) is 12.4. The number of benzene rings is 3. The van der Waals surface area contributed by atoms with Gasteiger partial charge in [0.25, 0.3) is 0 Å². The summed E-state index contributed by atoms with van der Waals surface area (Å²) >= 11 is 0. The summed E-state index contributed by atoms with van der Waals surface area (Å²) in [6, 6.07) is 15.6. The van der Waals surface area contributed by atoms with Crippen molar-refractivity contribution in [2.75, 3.05) is 6.61 Å². The molecule has 1 fully saturated rings. The third kappa shape index (κ3) is 7.63. The Bertz CT molecular complexity index is 1410. The molecular formula is C39H45F3O. The number of hydrogen-bond acceptors (Lipinski definition) is 1. The van der Waals surface area contributed by atoms with Crippen molar-refractivity contribution in [3.63, 3.8) is 0 Å². The van der Waals surface area contributed by atoms with Crippen LogP contribution < -0.4 is 4.74 Å². The van der Waals surface area contributed by atoms with Crippen LogP contribution in [0.5, 0.6) is 5.75 Å². The number of hydrogen-bond donors (Lipinski definition) is 0. The maximum atomic E-state index is 15.4. The Hall–Kier alpha value is -3.27. The summed E-state index contributed by atoms with van der Waals surface area (Å²) in [7, 11) is 0. The molecule has 1 unspecified atom stereocenters. The predicted molar refractivity (Wildman–Crippen MR) is 172 cm³/mol. The van der Waals surface area contributed by atoms with Gasteiger partial charge in [0.1, 0.15) is 5.82 Å². The first-order valence-electron chi connectivity index (χ1n) is 16.3. The molecule has 2 aliphatic rings. The molecule has 0 bridgehead atoms. The molecule has 5 rings (SSSR count). The minimum atomic E-state index is -0.971. The summed E-state index contributed by atoms with van der Waals surface area (Å²) in [5, 5.41) is 0. The molecule has 4 heteroatoms. The van der Waals surface area contributed by atoms with Gasteiger partial charge in [0.2, 0.25) is 5.82 Å². The second kappa shape index (κ2) is 14.9. The highest BCUT2D eigenvalue weighted by Gasteiger charge is 2.29. The maximum Gasteiger partial charge on any atom is 0.201 e. The molecule has 0 aromatic heterocycles. The van der Waals surface area contributed by atoms with Gasteiger partial charge in [-0.2, -0.15) is 4.39 Å². The lowest BCUT2D eigenvalue weighted by molar-refractivity contribution is 0.190. The van der Waals surface area contributed by atoms with Gasteiger partial charge in [-0.15, -0.1) is 0 Å². The van der Waals surface area contributed by atoms with Crippen LogP contribution in [-0.4, -0.2) is 6.61 Å². The molecule has 0 aliphatic heterocycles. The smallest absolute Gasteiger partial charge is 0.201 e. The van der Waals surface area contributed by atoms with Crippen LogP contribution in [0.4, 0.5) is 13.2 Å². The molecule has 2 aliphatic carbocycles. The molecular weight excluding hydrogens is 541 g/mol. The standard InChI is InChI=1S/C39H45F3O/c1-3-5-7-8-27-9-11-28(12-10-27)29-13-17-31(18-14-29)34-22-21-33(26-36(34)40)30-15-19-32(20-16-30)35-23-24-37(39(42)38(35)41)43-25-6-4-2/h3,5,15-17,19-24,26-29H,4,6-14,18,25H2,1-2H3/b5-3+. The van der Waals surface area contributed by atoms with Crippen molar-refractivity contribution in [3.8, 4) is 28.0 Å². The number of halogens is 3. The topological polar surface area (TPSA) is 9.23 Å². The fourth-order valence-corrected chi connectivity index (χ4v) is 6.96. The van der Waals surface area contributed by atoms with E-state index in [4.69, 9.17) is 4.74 Å². The van der Waals surface area contributed by atoms with E-state index >= 15 is 4.39 Å². The Balaban J connectivity index is 1.20. The van der Waals surface area contributed by atoms with Crippen molar-refractivity contribution in [2.45, 2.75) is 84.5 Å². The van der Waals surface area contributed by atoms with Gasteiger partial charge < -0.3 is 4.74 Å². The van der Waals surface area contributed by atoms with Gasteiger partial charge in [-0.1, -0.05) is 80.8 Å². The normalized spacial score (nSPS) is 20.8. The SMILES string of the molecule is C/C=C/CCC1CCC(C2CC=C(c3ccc(-c4ccc(-c5ccc(OCCCC)c(F)c5F)cc4)cc3F)CC2)CC1. The van der Waals surface area contributed by atoms with Gasteiger partial charge in [-0.3, -0.25) is 0 Å². The molecule has 0 saturated heterocycles. The molecule has 1 saturated carbocycles. The minimum absolute atomic E-state index is 0.0659. The van der Waals surface area contributed by atoms with Crippen molar-refractivity contribution in [2.24, 2.45) is 17.8 Å². The Morgan fingerprint density at radius 3 is 2.19 bits per heavy atom. The molecule has 43 heavy (non-hydrogen) atoms. The van der Waals surface area contributed by atoms with Crippen LogP contribution in [-0.2, 0) is 0 Å². The summed E-state index contributed by atoms with van der Waals surface area (Å²) < 4.78 is 50.2. The van der Waals surface area contributed by atoms with Crippen molar-refractivity contribution >= 4 is 5.57 Å². The fourth-order valence-electron chi connectivity index (χ4n) is 6.96. The summed E-state index contributed by atoms with van der Waals surface area (Å²) in [5.74, 6) is 0.257. The first kappa shape index (κ1) is 31.2. The first-order chi connectivity index (χ1) is 21.0. The largest absolute Gasteiger partial charge is 0.490 e. The van der Waals surface area contributed by atoms with Crippen LogP contribution in [0.25, 0.3) is 27.8 Å². The van der Waals surface area contributed by atoms with Crippen LogP contribution in [0.1, 0.15) is 90.0 Å². The molecule has 1 nitrogen and oxygen atoms in total. The van der Waals surface area contributed by atoms with Gasteiger partial charge in [0.05, 0.1) is 6.61 Å². The highest BCUT2D eigenvalue weighted by molar-refractivity contribution is 5.74. The quantitative estimate of drug-likeness (QED) is 0.160. The number of rotatable bonds is 11. The lowest BCUT2D eigenvalue weighted by Crippen LogP contribution is -2.23. The van der Waals surface area contributed by atoms with Gasteiger partial charge in [-0.25, -0.2) is 8.78 Å². The van der Waals surface area contributed by atoms with Gasteiger partial charge in [-0.05, 0) is 117 Å². The van der Waals surface area contributed by atoms with Crippen LogP contribution >= 0.6 is 0 Å². The van der Waals surface area contributed by atoms with E-state index in [1.807, 2.05) is 31.2 Å². The number of allylic oxidation sites excluding steroid dienone is 4. The van der Waals surface area contributed by atoms with Crippen LogP contribution in [0.15, 0.2) is 72.8 Å². The molecule has 1 atom stereocenters. The van der Waals surface area contributed by atoms with Crippen molar-refractivity contribution in [1.29, 1.82) is 0 Å². The van der Waals surface area contributed by atoms with Crippen molar-refractivity contribution in [3.05, 3.63) is 95.8 Å². The summed E-state index contributed by atoms with van der Waals surface area (Å²) in [6.45, 7) is 4.46. The van der Waals surface area contributed by atoms with Crippen LogP contribution in [0, 0.1) is 35.2 Å². The van der Waals surface area contributed by atoms with E-state index in [-0.39, 0.29) is 17.1 Å². The zero-order valence-electron chi connectivity index (χ0n) is 25.7. The van der Waals surface area contributed by atoms with E-state index in [1.165, 1.54) is 44.6 Å². The predicted octanol–water partition coefficient (Wildman–Crippen LogP) is 12.0. The lowest BCUT2D eigenvalue weighted by atomic mass is 9.70. The summed E-state index contributed by atoms with van der Waals surface area (Å²) in [5.41, 5.74) is 4.14. The third-order valence-corrected chi connectivity index (χ3v) is 9.63. The highest BCUT2D eigenvalue weighted by atomic mass is 19.2. The zero-order chi connectivity index (χ0) is 30.2. The molecule has 0 N–H and O–H groups in total. The Morgan fingerprint density at radius 2 is 1.51 bits per heavy atom. The second-order valence-electron chi connectivity index (χ2n) is 12.4. The van der Waals surface area contributed by atoms with Crippen molar-refractivity contribution < 1.29 is 17.9 Å². The monoisotopic (exact) mass is 586 g/mol. The number of unbranched alkanes of at least 4 members (excludes halogenated alkanes) is 1. The maximum absolute atomic E-state index is 15.4. The third-order valence-electron chi connectivity index (χ3n) is 9.63. The zero-order valence-corrected chi connectivity index (χ0v) is 25.7. The van der Waals surface area contributed by atoms with E-state index in [9.17, 15) is 8.78 Å². The van der Waals surface area contributed by atoms with Crippen molar-refractivity contribution in [1.82, 2.24) is 0 Å².